The van der Waals surface area contributed by atoms with Crippen LogP contribution in [0.3, 0.4) is 0 Å². The maximum Gasteiger partial charge on any atom is 0.225 e. The van der Waals surface area contributed by atoms with Gasteiger partial charge >= 0.3 is 0 Å². The lowest BCUT2D eigenvalue weighted by Gasteiger charge is -2.34. The molecule has 0 fully saturated rings. The highest BCUT2D eigenvalue weighted by molar-refractivity contribution is 7.10. The Bertz CT molecular complexity index is 889. The fourth-order valence-electron chi connectivity index (χ4n) is 3.73. The molecule has 1 aliphatic heterocycles. The Labute approximate surface area is 147 Å². The van der Waals surface area contributed by atoms with Gasteiger partial charge in [0.1, 0.15) is 11.6 Å². The number of nitrogens with one attached hydrogen (secondary N) is 1. The molecule has 3 nitrogen and oxygen atoms in total. The summed E-state index contributed by atoms with van der Waals surface area (Å²) >= 11 is 1.58. The normalized spacial score (nSPS) is 23.4. The standard InChI is InChI=1S/C19H15F2NO2S/c20-11-3-4-12(14(21)8-11)13-9-18(24)22-15-6-10(7-16(23)19(13)15)17-2-1-5-25-17/h1-5,8,10,13H,6-7,9H2,(H,22,24)/t10-,13+/m0/s1. The van der Waals surface area contributed by atoms with Gasteiger partial charge < -0.3 is 5.32 Å². The molecule has 2 aromatic rings. The third kappa shape index (κ3) is 2.91. The zero-order valence-corrected chi connectivity index (χ0v) is 14.0. The first-order valence-corrected chi connectivity index (χ1v) is 8.95. The van der Waals surface area contributed by atoms with E-state index in [1.54, 1.807) is 11.3 Å². The van der Waals surface area contributed by atoms with Gasteiger partial charge in [0, 0.05) is 46.9 Å². The Morgan fingerprint density at radius 3 is 2.64 bits per heavy atom. The topological polar surface area (TPSA) is 46.2 Å². The maximum atomic E-state index is 14.2. The van der Waals surface area contributed by atoms with Gasteiger partial charge in [-0.15, -0.1) is 11.3 Å². The number of allylic oxidation sites excluding steroid dienone is 2. The van der Waals surface area contributed by atoms with Crippen molar-refractivity contribution in [2.24, 2.45) is 0 Å². The molecule has 0 radical (unpaired) electrons. The lowest BCUT2D eigenvalue weighted by Crippen LogP contribution is -2.38. The minimum Gasteiger partial charge on any atom is -0.329 e. The van der Waals surface area contributed by atoms with Crippen LogP contribution in [0.25, 0.3) is 0 Å². The summed E-state index contributed by atoms with van der Waals surface area (Å²) in [7, 11) is 0. The third-order valence-corrected chi connectivity index (χ3v) is 5.85. The molecule has 1 aromatic carbocycles. The fourth-order valence-corrected chi connectivity index (χ4v) is 4.57. The summed E-state index contributed by atoms with van der Waals surface area (Å²) in [5.74, 6) is -2.34. The molecule has 4 rings (SSSR count). The highest BCUT2D eigenvalue weighted by Gasteiger charge is 2.39. The number of halogens is 2. The van der Waals surface area contributed by atoms with Crippen LogP contribution >= 0.6 is 11.3 Å². The maximum absolute atomic E-state index is 14.2. The van der Waals surface area contributed by atoms with Gasteiger partial charge in [-0.1, -0.05) is 12.1 Å². The lowest BCUT2D eigenvalue weighted by molar-refractivity contribution is -0.122. The largest absolute Gasteiger partial charge is 0.329 e. The molecule has 1 aromatic heterocycles. The van der Waals surface area contributed by atoms with Crippen molar-refractivity contribution in [3.8, 4) is 0 Å². The second kappa shape index (κ2) is 6.19. The second-order valence-electron chi connectivity index (χ2n) is 6.41. The van der Waals surface area contributed by atoms with Crippen LogP contribution in [0.2, 0.25) is 0 Å². The average Bonchev–Trinajstić information content (AvgIpc) is 3.08. The highest BCUT2D eigenvalue weighted by Crippen LogP contribution is 2.43. The zero-order valence-electron chi connectivity index (χ0n) is 13.2. The summed E-state index contributed by atoms with van der Waals surface area (Å²) in [5.41, 5.74) is 1.25. The van der Waals surface area contributed by atoms with E-state index >= 15 is 0 Å². The molecule has 1 N–H and O–H groups in total. The number of amides is 1. The number of benzene rings is 1. The van der Waals surface area contributed by atoms with Crippen LogP contribution in [0.5, 0.6) is 0 Å². The summed E-state index contributed by atoms with van der Waals surface area (Å²) in [4.78, 5) is 26.0. The van der Waals surface area contributed by atoms with E-state index in [9.17, 15) is 18.4 Å². The smallest absolute Gasteiger partial charge is 0.225 e. The number of hydrogen-bond donors (Lipinski definition) is 1. The van der Waals surface area contributed by atoms with Gasteiger partial charge in [0.25, 0.3) is 0 Å². The Morgan fingerprint density at radius 1 is 1.08 bits per heavy atom. The number of ketones is 1. The van der Waals surface area contributed by atoms with Crippen LogP contribution in [-0.2, 0) is 9.59 Å². The van der Waals surface area contributed by atoms with Crippen LogP contribution in [-0.4, -0.2) is 11.7 Å². The first-order valence-electron chi connectivity index (χ1n) is 8.07. The van der Waals surface area contributed by atoms with Crippen LogP contribution in [0, 0.1) is 11.6 Å². The molecule has 0 spiro atoms. The first-order chi connectivity index (χ1) is 12.0. The van der Waals surface area contributed by atoms with Crippen molar-refractivity contribution in [1.82, 2.24) is 5.32 Å². The Kier molecular flexibility index (Phi) is 4.00. The van der Waals surface area contributed by atoms with E-state index in [4.69, 9.17) is 0 Å². The Hall–Kier alpha value is -2.34. The molecule has 0 bridgehead atoms. The summed E-state index contributed by atoms with van der Waals surface area (Å²) in [6.45, 7) is 0. The Balaban J connectivity index is 1.76. The van der Waals surface area contributed by atoms with E-state index in [1.165, 1.54) is 6.07 Å². The quantitative estimate of drug-likeness (QED) is 0.880. The molecule has 2 heterocycles. The number of thiophene rings is 1. The molecule has 128 valence electrons. The molecule has 0 saturated carbocycles. The van der Waals surface area contributed by atoms with E-state index in [-0.39, 0.29) is 29.6 Å². The fraction of sp³-hybridized carbons (Fsp3) is 0.263. The number of Topliss-reactive ketones (excluding diaryl/α,β-unsaturated/α-hetero) is 1. The zero-order chi connectivity index (χ0) is 17.6. The molecule has 1 amide bonds. The van der Waals surface area contributed by atoms with Crippen LogP contribution in [0.15, 0.2) is 47.0 Å². The Morgan fingerprint density at radius 2 is 1.92 bits per heavy atom. The molecule has 2 aliphatic rings. The first kappa shape index (κ1) is 16.1. The van der Waals surface area contributed by atoms with Gasteiger partial charge in [-0.25, -0.2) is 8.78 Å². The number of hydrogen-bond acceptors (Lipinski definition) is 3. The number of carbonyl (C=O) groups is 2. The summed E-state index contributed by atoms with van der Waals surface area (Å²) in [6, 6.07) is 7.20. The minimum absolute atomic E-state index is 0.00318. The number of rotatable bonds is 2. The van der Waals surface area contributed by atoms with Gasteiger partial charge in [0.15, 0.2) is 5.78 Å². The molecule has 6 heteroatoms. The molecular formula is C19H15F2NO2S. The number of carbonyl (C=O) groups excluding carboxylic acids is 2. The van der Waals surface area contributed by atoms with Gasteiger partial charge in [0.05, 0.1) is 0 Å². The molecule has 2 atom stereocenters. The molecule has 0 saturated heterocycles. The van der Waals surface area contributed by atoms with Gasteiger partial charge in [-0.05, 0) is 29.5 Å². The minimum atomic E-state index is -0.722. The van der Waals surface area contributed by atoms with E-state index < -0.39 is 17.6 Å². The van der Waals surface area contributed by atoms with Crippen molar-refractivity contribution in [3.63, 3.8) is 0 Å². The van der Waals surface area contributed by atoms with Gasteiger partial charge in [0.2, 0.25) is 5.91 Å². The third-order valence-electron chi connectivity index (χ3n) is 4.82. The monoisotopic (exact) mass is 359 g/mol. The summed E-state index contributed by atoms with van der Waals surface area (Å²) in [5, 5.41) is 4.76. The van der Waals surface area contributed by atoms with Crippen molar-refractivity contribution in [1.29, 1.82) is 0 Å². The summed E-state index contributed by atoms with van der Waals surface area (Å²) in [6.07, 6.45) is 0.887. The molecule has 0 unspecified atom stereocenters. The SMILES string of the molecule is O=C1C[C@H](c2ccc(F)cc2F)C2=C(C[C@H](c3cccs3)CC2=O)N1. The second-order valence-corrected chi connectivity index (χ2v) is 7.39. The highest BCUT2D eigenvalue weighted by atomic mass is 32.1. The van der Waals surface area contributed by atoms with Crippen LogP contribution < -0.4 is 5.32 Å². The van der Waals surface area contributed by atoms with Crippen molar-refractivity contribution >= 4 is 23.0 Å². The van der Waals surface area contributed by atoms with Crippen molar-refractivity contribution < 1.29 is 18.4 Å². The molecule has 25 heavy (non-hydrogen) atoms. The predicted molar refractivity (Wildman–Crippen MR) is 90.2 cm³/mol. The summed E-state index contributed by atoms with van der Waals surface area (Å²) < 4.78 is 27.5. The lowest BCUT2D eigenvalue weighted by atomic mass is 9.74. The van der Waals surface area contributed by atoms with E-state index in [0.717, 1.165) is 17.0 Å². The predicted octanol–water partition coefficient (Wildman–Crippen LogP) is 4.03. The van der Waals surface area contributed by atoms with Crippen molar-refractivity contribution in [3.05, 3.63) is 69.1 Å². The van der Waals surface area contributed by atoms with E-state index in [0.29, 0.717) is 24.1 Å². The van der Waals surface area contributed by atoms with E-state index in [1.807, 2.05) is 17.5 Å². The average molecular weight is 359 g/mol. The molecular weight excluding hydrogens is 344 g/mol. The van der Waals surface area contributed by atoms with Crippen molar-refractivity contribution in [2.75, 3.05) is 0 Å². The van der Waals surface area contributed by atoms with Crippen LogP contribution in [0.4, 0.5) is 8.78 Å². The van der Waals surface area contributed by atoms with Gasteiger partial charge in [-0.2, -0.15) is 0 Å². The van der Waals surface area contributed by atoms with Gasteiger partial charge in [-0.3, -0.25) is 9.59 Å². The molecule has 1 aliphatic carbocycles. The van der Waals surface area contributed by atoms with Crippen molar-refractivity contribution in [2.45, 2.75) is 31.1 Å². The van der Waals surface area contributed by atoms with Crippen LogP contribution in [0.1, 0.15) is 41.5 Å². The van der Waals surface area contributed by atoms with E-state index in [2.05, 4.69) is 5.32 Å².